The molecule has 0 amide bonds. The van der Waals surface area contributed by atoms with E-state index in [0.717, 1.165) is 5.70 Å². The first-order valence-corrected chi connectivity index (χ1v) is 4.48. The average molecular weight is 199 g/mol. The Bertz CT molecular complexity index is 280. The van der Waals surface area contributed by atoms with Crippen molar-refractivity contribution in [1.82, 2.24) is 10.9 Å². The fourth-order valence-corrected chi connectivity index (χ4v) is 1.09. The number of nitrogens with one attached hydrogen (secondary N) is 2. The summed E-state index contributed by atoms with van der Waals surface area (Å²) in [7, 11) is 0. The number of carbonyl (C=O) groups is 1. The normalized spacial score (nSPS) is 26.8. The quantitative estimate of drug-likeness (QED) is 0.518. The molecular formula is C9H17N3O2. The summed E-state index contributed by atoms with van der Waals surface area (Å²) in [5, 5.41) is 0. The summed E-state index contributed by atoms with van der Waals surface area (Å²) in [4.78, 5) is 11.6. The molecule has 5 nitrogen and oxygen atoms in total. The van der Waals surface area contributed by atoms with Crippen LogP contribution in [0.1, 0.15) is 27.7 Å². The van der Waals surface area contributed by atoms with Gasteiger partial charge in [-0.15, -0.1) is 0 Å². The minimum Gasteiger partial charge on any atom is -0.457 e. The Kier molecular flexibility index (Phi) is 2.56. The van der Waals surface area contributed by atoms with Crippen LogP contribution in [-0.4, -0.2) is 17.2 Å². The summed E-state index contributed by atoms with van der Waals surface area (Å²) in [6, 6.07) is 0. The van der Waals surface area contributed by atoms with Crippen LogP contribution in [0.4, 0.5) is 0 Å². The minimum atomic E-state index is -1.25. The topological polar surface area (TPSA) is 76.4 Å². The smallest absolute Gasteiger partial charge is 0.347 e. The van der Waals surface area contributed by atoms with Gasteiger partial charge < -0.3 is 10.2 Å². The molecule has 1 unspecified atom stereocenters. The highest BCUT2D eigenvalue weighted by Crippen LogP contribution is 2.15. The van der Waals surface area contributed by atoms with E-state index in [-0.39, 0.29) is 0 Å². The highest BCUT2D eigenvalue weighted by atomic mass is 16.6. The third-order valence-electron chi connectivity index (χ3n) is 1.65. The summed E-state index contributed by atoms with van der Waals surface area (Å²) in [6.45, 7) is 7.21. The summed E-state index contributed by atoms with van der Waals surface area (Å²) in [5.74, 6) is -0.491. The number of hydrazine groups is 1. The molecule has 0 bridgehead atoms. The lowest BCUT2D eigenvalue weighted by Gasteiger charge is -2.26. The molecule has 14 heavy (non-hydrogen) atoms. The molecule has 0 radical (unpaired) electrons. The van der Waals surface area contributed by atoms with E-state index in [1.165, 1.54) is 0 Å². The van der Waals surface area contributed by atoms with Crippen LogP contribution in [-0.2, 0) is 9.53 Å². The zero-order chi connectivity index (χ0) is 11.0. The van der Waals surface area contributed by atoms with Crippen LogP contribution in [0.5, 0.6) is 0 Å². The number of rotatable bonds is 1. The Morgan fingerprint density at radius 3 is 2.50 bits per heavy atom. The van der Waals surface area contributed by atoms with Gasteiger partial charge in [0.15, 0.2) is 0 Å². The van der Waals surface area contributed by atoms with Crippen LogP contribution in [0.25, 0.3) is 0 Å². The number of hydrogen-bond acceptors (Lipinski definition) is 5. The van der Waals surface area contributed by atoms with E-state index in [1.54, 1.807) is 26.8 Å². The predicted octanol–water partition coefficient (Wildman–Crippen LogP) is -0.00530. The van der Waals surface area contributed by atoms with Gasteiger partial charge in [0.2, 0.25) is 5.66 Å². The van der Waals surface area contributed by atoms with Gasteiger partial charge in [-0.1, -0.05) is 0 Å². The molecule has 0 aromatic carbocycles. The standard InChI is InChI=1S/C9H17N3O2/c1-6-5-9(10,12-11-6)7(13)14-8(2,3)4/h5,11-12H,10H2,1-4H3. The van der Waals surface area contributed by atoms with Gasteiger partial charge in [0, 0.05) is 5.70 Å². The van der Waals surface area contributed by atoms with Crippen molar-refractivity contribution in [2.24, 2.45) is 5.73 Å². The van der Waals surface area contributed by atoms with E-state index in [9.17, 15) is 4.79 Å². The van der Waals surface area contributed by atoms with E-state index in [1.807, 2.05) is 6.92 Å². The van der Waals surface area contributed by atoms with Crippen LogP contribution in [0.2, 0.25) is 0 Å². The number of allylic oxidation sites excluding steroid dienone is 1. The Hall–Kier alpha value is -1.07. The average Bonchev–Trinajstić information content (AvgIpc) is 2.29. The SMILES string of the molecule is CC1=CC(N)(C(=O)OC(C)(C)C)NN1. The van der Waals surface area contributed by atoms with E-state index in [4.69, 9.17) is 10.5 Å². The molecule has 0 aromatic rings. The number of ether oxygens (including phenoxy) is 1. The minimum absolute atomic E-state index is 0.491. The molecule has 1 rings (SSSR count). The van der Waals surface area contributed by atoms with Gasteiger partial charge in [0.05, 0.1) is 0 Å². The van der Waals surface area contributed by atoms with Gasteiger partial charge >= 0.3 is 5.97 Å². The molecule has 1 aliphatic rings. The fraction of sp³-hybridized carbons (Fsp3) is 0.667. The molecule has 4 N–H and O–H groups in total. The summed E-state index contributed by atoms with van der Waals surface area (Å²) in [5.41, 5.74) is 10.2. The predicted molar refractivity (Wildman–Crippen MR) is 52.8 cm³/mol. The molecule has 0 aromatic heterocycles. The first-order valence-electron chi connectivity index (χ1n) is 4.48. The molecule has 0 saturated heterocycles. The maximum Gasteiger partial charge on any atom is 0.347 e. The van der Waals surface area contributed by atoms with Crippen molar-refractivity contribution in [3.8, 4) is 0 Å². The molecule has 80 valence electrons. The molecule has 1 aliphatic heterocycles. The van der Waals surface area contributed by atoms with Gasteiger partial charge in [0.25, 0.3) is 0 Å². The van der Waals surface area contributed by atoms with Crippen LogP contribution in [0.15, 0.2) is 11.8 Å². The molecule has 0 spiro atoms. The van der Waals surface area contributed by atoms with Gasteiger partial charge in [-0.2, -0.15) is 0 Å². The fourth-order valence-electron chi connectivity index (χ4n) is 1.09. The second kappa shape index (κ2) is 3.25. The molecule has 5 heteroatoms. The van der Waals surface area contributed by atoms with Gasteiger partial charge in [-0.05, 0) is 33.8 Å². The Morgan fingerprint density at radius 2 is 2.14 bits per heavy atom. The first kappa shape index (κ1) is 11.0. The van der Waals surface area contributed by atoms with Crippen LogP contribution >= 0.6 is 0 Å². The van der Waals surface area contributed by atoms with Crippen molar-refractivity contribution < 1.29 is 9.53 Å². The Labute approximate surface area is 83.6 Å². The van der Waals surface area contributed by atoms with Crippen LogP contribution in [0.3, 0.4) is 0 Å². The molecule has 0 fully saturated rings. The molecule has 0 saturated carbocycles. The maximum atomic E-state index is 11.6. The van der Waals surface area contributed by atoms with Crippen molar-refractivity contribution in [1.29, 1.82) is 0 Å². The highest BCUT2D eigenvalue weighted by molar-refractivity contribution is 5.83. The number of nitrogens with two attached hydrogens (primary N) is 1. The second-order valence-electron chi connectivity index (χ2n) is 4.45. The highest BCUT2D eigenvalue weighted by Gasteiger charge is 2.39. The van der Waals surface area contributed by atoms with E-state index in [0.29, 0.717) is 0 Å². The van der Waals surface area contributed by atoms with Crippen molar-refractivity contribution in [3.05, 3.63) is 11.8 Å². The van der Waals surface area contributed by atoms with E-state index in [2.05, 4.69) is 10.9 Å². The third kappa shape index (κ3) is 2.46. The molecule has 0 aliphatic carbocycles. The van der Waals surface area contributed by atoms with E-state index < -0.39 is 17.2 Å². The number of hydrogen-bond donors (Lipinski definition) is 3. The lowest BCUT2D eigenvalue weighted by Crippen LogP contribution is -2.60. The molecule has 1 heterocycles. The summed E-state index contributed by atoms with van der Waals surface area (Å²) >= 11 is 0. The van der Waals surface area contributed by atoms with Crippen molar-refractivity contribution in [2.45, 2.75) is 39.0 Å². The van der Waals surface area contributed by atoms with Crippen LogP contribution < -0.4 is 16.6 Å². The summed E-state index contributed by atoms with van der Waals surface area (Å²) < 4.78 is 5.16. The van der Waals surface area contributed by atoms with Gasteiger partial charge in [-0.3, -0.25) is 5.73 Å². The Morgan fingerprint density at radius 1 is 1.57 bits per heavy atom. The van der Waals surface area contributed by atoms with Crippen molar-refractivity contribution in [3.63, 3.8) is 0 Å². The second-order valence-corrected chi connectivity index (χ2v) is 4.45. The Balaban J connectivity index is 2.71. The lowest BCUT2D eigenvalue weighted by atomic mass is 10.1. The van der Waals surface area contributed by atoms with Gasteiger partial charge in [-0.25, -0.2) is 10.2 Å². The van der Waals surface area contributed by atoms with E-state index >= 15 is 0 Å². The van der Waals surface area contributed by atoms with Crippen molar-refractivity contribution >= 4 is 5.97 Å². The number of esters is 1. The van der Waals surface area contributed by atoms with Crippen LogP contribution in [0, 0.1) is 0 Å². The monoisotopic (exact) mass is 199 g/mol. The maximum absolute atomic E-state index is 11.6. The zero-order valence-corrected chi connectivity index (χ0v) is 8.97. The molecule has 1 atom stereocenters. The molecular weight excluding hydrogens is 182 g/mol. The lowest BCUT2D eigenvalue weighted by molar-refractivity contribution is -0.160. The zero-order valence-electron chi connectivity index (χ0n) is 8.97. The summed E-state index contributed by atoms with van der Waals surface area (Å²) in [6.07, 6.45) is 1.60. The van der Waals surface area contributed by atoms with Gasteiger partial charge in [0.1, 0.15) is 5.60 Å². The van der Waals surface area contributed by atoms with Crippen molar-refractivity contribution in [2.75, 3.05) is 0 Å². The first-order chi connectivity index (χ1) is 6.23. The third-order valence-corrected chi connectivity index (χ3v) is 1.65. The largest absolute Gasteiger partial charge is 0.457 e. The number of carbonyl (C=O) groups excluding carboxylic acids is 1.